The Morgan fingerprint density at radius 2 is 2.09 bits per heavy atom. The molecule has 1 aromatic carbocycles. The fraction of sp³-hybridized carbons (Fsp3) is 0.312. The Bertz CT molecular complexity index is 771. The van der Waals surface area contributed by atoms with Crippen LogP contribution in [0.15, 0.2) is 29.6 Å². The van der Waals surface area contributed by atoms with Crippen LogP contribution in [-0.4, -0.2) is 35.8 Å². The van der Waals surface area contributed by atoms with Gasteiger partial charge in [0.15, 0.2) is 0 Å². The summed E-state index contributed by atoms with van der Waals surface area (Å²) in [6, 6.07) is 7.00. The molecule has 0 bridgehead atoms. The minimum absolute atomic E-state index is 0.0470. The van der Waals surface area contributed by atoms with Crippen LogP contribution in [0.4, 0.5) is 4.79 Å². The zero-order chi connectivity index (χ0) is 16.4. The number of imide groups is 1. The van der Waals surface area contributed by atoms with Gasteiger partial charge in [0.05, 0.1) is 0 Å². The van der Waals surface area contributed by atoms with E-state index in [2.05, 4.69) is 28.1 Å². The van der Waals surface area contributed by atoms with Crippen LogP contribution in [0.1, 0.15) is 18.4 Å². The van der Waals surface area contributed by atoms with Gasteiger partial charge in [0.25, 0.3) is 5.91 Å². The molecule has 1 aromatic heterocycles. The number of hydrogen-bond donors (Lipinski definition) is 2. The maximum absolute atomic E-state index is 12.2. The van der Waals surface area contributed by atoms with Crippen molar-refractivity contribution in [3.63, 3.8) is 0 Å². The van der Waals surface area contributed by atoms with Gasteiger partial charge < -0.3 is 10.2 Å². The van der Waals surface area contributed by atoms with Crippen LogP contribution in [0, 0.1) is 0 Å². The molecule has 0 spiro atoms. The van der Waals surface area contributed by atoms with Crippen LogP contribution in [0.2, 0.25) is 0 Å². The molecule has 2 aromatic rings. The Hall–Kier alpha value is -2.41. The highest BCUT2D eigenvalue weighted by molar-refractivity contribution is 7.17. The van der Waals surface area contributed by atoms with Crippen molar-refractivity contribution in [2.24, 2.45) is 0 Å². The number of nitrogens with zero attached hydrogens (tertiary/aromatic N) is 1. The Labute approximate surface area is 137 Å². The maximum Gasteiger partial charge on any atom is 0.322 e. The number of carbonyl (C=O) groups is 3. The lowest BCUT2D eigenvalue weighted by Crippen LogP contribution is -2.32. The summed E-state index contributed by atoms with van der Waals surface area (Å²) < 4.78 is 1.20. The van der Waals surface area contributed by atoms with Crippen molar-refractivity contribution in [3.8, 4) is 0 Å². The zero-order valence-electron chi connectivity index (χ0n) is 12.7. The number of amides is 4. The smallest absolute Gasteiger partial charge is 0.322 e. The number of hydrogen-bond acceptors (Lipinski definition) is 4. The number of carbonyl (C=O) groups excluding carboxylic acids is 3. The van der Waals surface area contributed by atoms with Crippen molar-refractivity contribution < 1.29 is 14.4 Å². The second-order valence-electron chi connectivity index (χ2n) is 5.56. The second-order valence-corrected chi connectivity index (χ2v) is 6.47. The van der Waals surface area contributed by atoms with E-state index >= 15 is 0 Å². The average molecular weight is 331 g/mol. The Morgan fingerprint density at radius 3 is 2.83 bits per heavy atom. The quantitative estimate of drug-likeness (QED) is 0.821. The lowest BCUT2D eigenvalue weighted by atomic mass is 10.1. The van der Waals surface area contributed by atoms with Gasteiger partial charge in [0.2, 0.25) is 5.91 Å². The standard InChI is InChI=1S/C16H17N3O3S/c1-19(8-10-9-23-13-5-3-2-4-11(10)13)14(20)7-6-12-15(21)18-16(22)17-12/h2-5,9,12H,6-8H2,1H3,(H2,17,18,21,22)/t12-/m1/s1. The van der Waals surface area contributed by atoms with Gasteiger partial charge in [-0.15, -0.1) is 11.3 Å². The molecule has 1 aliphatic heterocycles. The molecule has 0 radical (unpaired) electrons. The van der Waals surface area contributed by atoms with Crippen molar-refractivity contribution in [1.29, 1.82) is 0 Å². The van der Waals surface area contributed by atoms with E-state index in [0.29, 0.717) is 13.0 Å². The topological polar surface area (TPSA) is 78.5 Å². The third kappa shape index (κ3) is 3.34. The van der Waals surface area contributed by atoms with Crippen LogP contribution in [-0.2, 0) is 16.1 Å². The fourth-order valence-electron chi connectivity index (χ4n) is 2.62. The molecule has 6 nitrogen and oxygen atoms in total. The van der Waals surface area contributed by atoms with Crippen LogP contribution >= 0.6 is 11.3 Å². The molecule has 23 heavy (non-hydrogen) atoms. The summed E-state index contributed by atoms with van der Waals surface area (Å²) >= 11 is 1.66. The first-order valence-electron chi connectivity index (χ1n) is 7.35. The first-order chi connectivity index (χ1) is 11.0. The lowest BCUT2D eigenvalue weighted by Gasteiger charge is -2.17. The molecule has 3 rings (SSSR count). The van der Waals surface area contributed by atoms with Crippen molar-refractivity contribution in [1.82, 2.24) is 15.5 Å². The van der Waals surface area contributed by atoms with E-state index in [4.69, 9.17) is 0 Å². The highest BCUT2D eigenvalue weighted by Crippen LogP contribution is 2.26. The number of fused-ring (bicyclic) bond motifs is 1. The average Bonchev–Trinajstić information content (AvgIpc) is 3.08. The van der Waals surface area contributed by atoms with E-state index in [0.717, 1.165) is 5.56 Å². The fourth-order valence-corrected chi connectivity index (χ4v) is 3.57. The lowest BCUT2D eigenvalue weighted by molar-refractivity contribution is -0.130. The highest BCUT2D eigenvalue weighted by Gasteiger charge is 2.29. The summed E-state index contributed by atoms with van der Waals surface area (Å²) in [6.45, 7) is 0.534. The van der Waals surface area contributed by atoms with Gasteiger partial charge in [-0.3, -0.25) is 14.9 Å². The molecule has 1 aliphatic rings. The van der Waals surface area contributed by atoms with E-state index in [1.54, 1.807) is 23.3 Å². The van der Waals surface area contributed by atoms with E-state index in [-0.39, 0.29) is 18.2 Å². The molecule has 1 atom stereocenters. The summed E-state index contributed by atoms with van der Waals surface area (Å²) in [6.07, 6.45) is 0.530. The molecule has 120 valence electrons. The minimum atomic E-state index is -0.609. The van der Waals surface area contributed by atoms with E-state index in [9.17, 15) is 14.4 Å². The van der Waals surface area contributed by atoms with Crippen LogP contribution in [0.3, 0.4) is 0 Å². The monoisotopic (exact) mass is 331 g/mol. The largest absolute Gasteiger partial charge is 0.341 e. The molecule has 0 unspecified atom stereocenters. The van der Waals surface area contributed by atoms with Crippen LogP contribution in [0.25, 0.3) is 10.1 Å². The predicted molar refractivity (Wildman–Crippen MR) is 88.0 cm³/mol. The maximum atomic E-state index is 12.2. The number of nitrogens with one attached hydrogen (secondary N) is 2. The van der Waals surface area contributed by atoms with Gasteiger partial charge in [-0.1, -0.05) is 18.2 Å². The first-order valence-corrected chi connectivity index (χ1v) is 8.23. The molecule has 1 fully saturated rings. The molecule has 2 N–H and O–H groups in total. The van der Waals surface area contributed by atoms with E-state index in [1.807, 2.05) is 12.1 Å². The normalized spacial score (nSPS) is 17.2. The molecule has 0 saturated carbocycles. The van der Waals surface area contributed by atoms with Gasteiger partial charge >= 0.3 is 6.03 Å². The van der Waals surface area contributed by atoms with Gasteiger partial charge in [-0.2, -0.15) is 0 Å². The number of benzene rings is 1. The summed E-state index contributed by atoms with van der Waals surface area (Å²) in [5.74, 6) is -0.413. The van der Waals surface area contributed by atoms with Gasteiger partial charge in [-0.05, 0) is 28.8 Å². The third-order valence-corrected chi connectivity index (χ3v) is 4.91. The zero-order valence-corrected chi connectivity index (χ0v) is 13.5. The van der Waals surface area contributed by atoms with Crippen molar-refractivity contribution in [2.45, 2.75) is 25.4 Å². The minimum Gasteiger partial charge on any atom is -0.341 e. The summed E-state index contributed by atoms with van der Waals surface area (Å²) in [7, 11) is 1.75. The first kappa shape index (κ1) is 15.5. The molecule has 0 aliphatic carbocycles. The molecule has 2 heterocycles. The predicted octanol–water partition coefficient (Wildman–Crippen LogP) is 1.85. The van der Waals surface area contributed by atoms with Gasteiger partial charge in [0, 0.05) is 24.7 Å². The number of urea groups is 1. The van der Waals surface area contributed by atoms with Crippen LogP contribution < -0.4 is 10.6 Å². The Morgan fingerprint density at radius 1 is 1.30 bits per heavy atom. The van der Waals surface area contributed by atoms with Crippen molar-refractivity contribution in [2.75, 3.05) is 7.05 Å². The molecular weight excluding hydrogens is 314 g/mol. The number of rotatable bonds is 5. The molecule has 4 amide bonds. The Kier molecular flexibility index (Phi) is 4.29. The summed E-state index contributed by atoms with van der Waals surface area (Å²) in [5, 5.41) is 7.90. The van der Waals surface area contributed by atoms with Crippen molar-refractivity contribution >= 4 is 39.3 Å². The van der Waals surface area contributed by atoms with E-state index < -0.39 is 12.1 Å². The highest BCUT2D eigenvalue weighted by atomic mass is 32.1. The second kappa shape index (κ2) is 6.37. The van der Waals surface area contributed by atoms with E-state index in [1.165, 1.54) is 10.1 Å². The summed E-state index contributed by atoms with van der Waals surface area (Å²) in [5.41, 5.74) is 1.12. The number of thiophene rings is 1. The third-order valence-electron chi connectivity index (χ3n) is 3.90. The SMILES string of the molecule is CN(Cc1csc2ccccc12)C(=O)CC[C@H]1NC(=O)NC1=O. The van der Waals surface area contributed by atoms with Crippen LogP contribution in [0.5, 0.6) is 0 Å². The molecule has 1 saturated heterocycles. The Balaban J connectivity index is 1.57. The summed E-state index contributed by atoms with van der Waals surface area (Å²) in [4.78, 5) is 36.4. The molecule has 7 heteroatoms. The van der Waals surface area contributed by atoms with Gasteiger partial charge in [-0.25, -0.2) is 4.79 Å². The van der Waals surface area contributed by atoms with Gasteiger partial charge in [0.1, 0.15) is 6.04 Å². The molecular formula is C16H17N3O3S. The van der Waals surface area contributed by atoms with Crippen molar-refractivity contribution in [3.05, 3.63) is 35.2 Å².